The predicted molar refractivity (Wildman–Crippen MR) is 142 cm³/mol. The fourth-order valence-electron chi connectivity index (χ4n) is 4.35. The Bertz CT molecular complexity index is 1290. The van der Waals surface area contributed by atoms with Gasteiger partial charge in [0.25, 0.3) is 5.91 Å². The third kappa shape index (κ3) is 6.30. The maximum atomic E-state index is 12.5. The lowest BCUT2D eigenvalue weighted by Crippen LogP contribution is -2.25. The molecule has 0 spiro atoms. The number of amides is 1. The van der Waals surface area contributed by atoms with Gasteiger partial charge < -0.3 is 14.6 Å². The molecule has 0 saturated heterocycles. The number of hydrogen-bond acceptors (Lipinski definition) is 3. The normalized spacial score (nSPS) is 11.1. The van der Waals surface area contributed by atoms with Crippen molar-refractivity contribution in [1.82, 2.24) is 14.9 Å². The molecule has 1 N–H and O–H groups in total. The second-order valence-electron chi connectivity index (χ2n) is 9.17. The molecule has 0 bridgehead atoms. The highest BCUT2D eigenvalue weighted by Crippen LogP contribution is 2.21. The van der Waals surface area contributed by atoms with E-state index >= 15 is 0 Å². The van der Waals surface area contributed by atoms with Gasteiger partial charge in [0, 0.05) is 25.1 Å². The number of aromatic nitrogens is 2. The van der Waals surface area contributed by atoms with Crippen LogP contribution < -0.4 is 10.1 Å². The van der Waals surface area contributed by atoms with Crippen molar-refractivity contribution in [1.29, 1.82) is 0 Å². The standard InChI is InChI=1S/C30H35N3O2/c1-22-16-17-24(3)28(21-22)35-20-9-8-19-33-27-14-7-6-13-26(27)32-29(33)15-10-18-31-30(34)25-12-5-4-11-23(25)2/h4-7,11-14,16-17,21H,8-10,15,18-20H2,1-3H3,(H,31,34). The van der Waals surface area contributed by atoms with Crippen LogP contribution in [0.5, 0.6) is 5.75 Å². The minimum absolute atomic E-state index is 0.0135. The summed E-state index contributed by atoms with van der Waals surface area (Å²) < 4.78 is 8.37. The van der Waals surface area contributed by atoms with Gasteiger partial charge in [-0.05, 0) is 81.0 Å². The maximum absolute atomic E-state index is 12.5. The van der Waals surface area contributed by atoms with Crippen molar-refractivity contribution < 1.29 is 9.53 Å². The number of nitrogens with one attached hydrogen (secondary N) is 1. The molecule has 0 unspecified atom stereocenters. The fraction of sp³-hybridized carbons (Fsp3) is 0.333. The Kier molecular flexibility index (Phi) is 8.19. The molecule has 0 radical (unpaired) electrons. The van der Waals surface area contributed by atoms with E-state index in [-0.39, 0.29) is 5.91 Å². The van der Waals surface area contributed by atoms with E-state index in [9.17, 15) is 4.79 Å². The van der Waals surface area contributed by atoms with Crippen molar-refractivity contribution in [2.24, 2.45) is 0 Å². The first-order valence-corrected chi connectivity index (χ1v) is 12.5. The first-order chi connectivity index (χ1) is 17.0. The highest BCUT2D eigenvalue weighted by Gasteiger charge is 2.11. The molecular formula is C30H35N3O2. The molecule has 1 heterocycles. The zero-order valence-electron chi connectivity index (χ0n) is 21.0. The number of benzene rings is 3. The van der Waals surface area contributed by atoms with Crippen LogP contribution in [0.1, 0.15) is 52.1 Å². The molecule has 0 aliphatic rings. The molecule has 1 amide bonds. The molecule has 4 aromatic rings. The average molecular weight is 470 g/mol. The van der Waals surface area contributed by atoms with Gasteiger partial charge >= 0.3 is 0 Å². The zero-order valence-corrected chi connectivity index (χ0v) is 21.0. The fourth-order valence-corrected chi connectivity index (χ4v) is 4.35. The number of fused-ring (bicyclic) bond motifs is 1. The predicted octanol–water partition coefficient (Wildman–Crippen LogP) is 6.18. The van der Waals surface area contributed by atoms with Gasteiger partial charge in [-0.2, -0.15) is 0 Å². The van der Waals surface area contributed by atoms with E-state index in [1.165, 1.54) is 16.6 Å². The highest BCUT2D eigenvalue weighted by atomic mass is 16.5. The topological polar surface area (TPSA) is 56.1 Å². The van der Waals surface area contributed by atoms with Gasteiger partial charge in [0.1, 0.15) is 11.6 Å². The number of hydrogen-bond donors (Lipinski definition) is 1. The summed E-state index contributed by atoms with van der Waals surface area (Å²) in [5.74, 6) is 2.04. The summed E-state index contributed by atoms with van der Waals surface area (Å²) in [4.78, 5) is 17.4. The lowest BCUT2D eigenvalue weighted by Gasteiger charge is -2.12. The number of imidazole rings is 1. The molecule has 3 aromatic carbocycles. The Labute approximate surface area is 208 Å². The number of ether oxygens (including phenoxy) is 1. The number of unbranched alkanes of at least 4 members (excludes halogenated alkanes) is 1. The van der Waals surface area contributed by atoms with Gasteiger partial charge in [-0.3, -0.25) is 4.79 Å². The van der Waals surface area contributed by atoms with Gasteiger partial charge in [-0.1, -0.05) is 42.5 Å². The summed E-state index contributed by atoms with van der Waals surface area (Å²) in [7, 11) is 0. The van der Waals surface area contributed by atoms with Crippen LogP contribution in [0.2, 0.25) is 0 Å². The SMILES string of the molecule is Cc1ccc(C)c(OCCCCn2c(CCCNC(=O)c3ccccc3C)nc3ccccc32)c1. The van der Waals surface area contributed by atoms with Crippen LogP contribution in [0.3, 0.4) is 0 Å². The van der Waals surface area contributed by atoms with Gasteiger partial charge in [-0.25, -0.2) is 4.98 Å². The van der Waals surface area contributed by atoms with E-state index < -0.39 is 0 Å². The minimum Gasteiger partial charge on any atom is -0.493 e. The Balaban J connectivity index is 1.30. The van der Waals surface area contributed by atoms with Crippen LogP contribution in [0.4, 0.5) is 0 Å². The molecule has 1 aromatic heterocycles. The number of carbonyl (C=O) groups is 1. The van der Waals surface area contributed by atoms with Gasteiger partial charge in [0.15, 0.2) is 0 Å². The quantitative estimate of drug-likeness (QED) is 0.267. The van der Waals surface area contributed by atoms with Crippen molar-refractivity contribution in [3.05, 3.63) is 94.8 Å². The second-order valence-corrected chi connectivity index (χ2v) is 9.17. The average Bonchev–Trinajstić information content (AvgIpc) is 3.21. The summed E-state index contributed by atoms with van der Waals surface area (Å²) in [6, 6.07) is 22.3. The molecular weight excluding hydrogens is 434 g/mol. The molecule has 35 heavy (non-hydrogen) atoms. The van der Waals surface area contributed by atoms with Gasteiger partial charge in [0.05, 0.1) is 17.6 Å². The minimum atomic E-state index is -0.0135. The first kappa shape index (κ1) is 24.5. The number of rotatable bonds is 11. The van der Waals surface area contributed by atoms with Crippen LogP contribution in [0, 0.1) is 20.8 Å². The maximum Gasteiger partial charge on any atom is 0.251 e. The largest absolute Gasteiger partial charge is 0.493 e. The van der Waals surface area contributed by atoms with E-state index in [4.69, 9.17) is 9.72 Å². The Morgan fingerprint density at radius 2 is 1.71 bits per heavy atom. The third-order valence-corrected chi connectivity index (χ3v) is 6.36. The Morgan fingerprint density at radius 1 is 0.914 bits per heavy atom. The summed E-state index contributed by atoms with van der Waals surface area (Å²) in [5.41, 5.74) is 6.32. The molecule has 5 heteroatoms. The second kappa shape index (κ2) is 11.7. The van der Waals surface area contributed by atoms with Crippen LogP contribution >= 0.6 is 0 Å². The van der Waals surface area contributed by atoms with E-state index in [0.717, 1.165) is 60.4 Å². The summed E-state index contributed by atoms with van der Waals surface area (Å²) in [6.45, 7) is 8.37. The van der Waals surface area contributed by atoms with Crippen LogP contribution in [0.25, 0.3) is 11.0 Å². The number of nitrogens with zero attached hydrogens (tertiary/aromatic N) is 2. The Morgan fingerprint density at radius 3 is 2.57 bits per heavy atom. The van der Waals surface area contributed by atoms with Crippen molar-refractivity contribution in [2.75, 3.05) is 13.2 Å². The highest BCUT2D eigenvalue weighted by molar-refractivity contribution is 5.95. The van der Waals surface area contributed by atoms with Crippen molar-refractivity contribution in [2.45, 2.75) is 53.0 Å². The van der Waals surface area contributed by atoms with E-state index in [0.29, 0.717) is 13.2 Å². The summed E-state index contributed by atoms with van der Waals surface area (Å²) in [5, 5.41) is 3.05. The molecule has 4 rings (SSSR count). The van der Waals surface area contributed by atoms with Crippen LogP contribution in [-0.2, 0) is 13.0 Å². The molecule has 0 aliphatic carbocycles. The van der Waals surface area contributed by atoms with E-state index in [2.05, 4.69) is 60.1 Å². The van der Waals surface area contributed by atoms with Crippen LogP contribution in [0.15, 0.2) is 66.7 Å². The van der Waals surface area contributed by atoms with Gasteiger partial charge in [-0.15, -0.1) is 0 Å². The zero-order chi connectivity index (χ0) is 24.6. The number of aryl methyl sites for hydroxylation is 5. The summed E-state index contributed by atoms with van der Waals surface area (Å²) in [6.07, 6.45) is 3.66. The molecule has 0 aliphatic heterocycles. The smallest absolute Gasteiger partial charge is 0.251 e. The molecule has 0 fully saturated rings. The Hall–Kier alpha value is -3.60. The molecule has 5 nitrogen and oxygen atoms in total. The van der Waals surface area contributed by atoms with E-state index in [1.54, 1.807) is 0 Å². The number of carbonyl (C=O) groups excluding carboxylic acids is 1. The van der Waals surface area contributed by atoms with Crippen LogP contribution in [-0.4, -0.2) is 28.6 Å². The van der Waals surface area contributed by atoms with Crippen molar-refractivity contribution in [3.63, 3.8) is 0 Å². The number of para-hydroxylation sites is 2. The first-order valence-electron chi connectivity index (χ1n) is 12.5. The van der Waals surface area contributed by atoms with E-state index in [1.807, 2.05) is 37.3 Å². The summed E-state index contributed by atoms with van der Waals surface area (Å²) >= 11 is 0. The monoisotopic (exact) mass is 469 g/mol. The molecule has 0 saturated carbocycles. The van der Waals surface area contributed by atoms with Gasteiger partial charge in [0.2, 0.25) is 0 Å². The lowest BCUT2D eigenvalue weighted by molar-refractivity contribution is 0.0952. The lowest BCUT2D eigenvalue weighted by atomic mass is 10.1. The van der Waals surface area contributed by atoms with Crippen molar-refractivity contribution >= 4 is 16.9 Å². The van der Waals surface area contributed by atoms with Crippen molar-refractivity contribution in [3.8, 4) is 5.75 Å². The molecule has 182 valence electrons. The third-order valence-electron chi connectivity index (χ3n) is 6.36. The molecule has 0 atom stereocenters.